The average Bonchev–Trinajstić information content (AvgIpc) is 2.95. The quantitative estimate of drug-likeness (QED) is 0.921. The van der Waals surface area contributed by atoms with Crippen molar-refractivity contribution in [2.45, 2.75) is 25.0 Å². The molecule has 1 N–H and O–H groups in total. The lowest BCUT2D eigenvalue weighted by Gasteiger charge is -2.24. The summed E-state index contributed by atoms with van der Waals surface area (Å²) in [4.78, 5) is 6.41. The van der Waals surface area contributed by atoms with Crippen molar-refractivity contribution in [2.75, 3.05) is 20.2 Å². The van der Waals surface area contributed by atoms with Gasteiger partial charge in [-0.2, -0.15) is 0 Å². The van der Waals surface area contributed by atoms with E-state index < -0.39 is 0 Å². The van der Waals surface area contributed by atoms with E-state index in [1.165, 1.54) is 11.1 Å². The van der Waals surface area contributed by atoms with E-state index in [1.54, 1.807) is 7.11 Å². The SMILES string of the molecule is COc1cccc(C2CC(O)CN2CCc2ccncc2)c1. The molecule has 1 aromatic carbocycles. The number of β-amino-alcohol motifs (C(OH)–C–C–N with tert-alkyl or cyclic N) is 1. The Morgan fingerprint density at radius 3 is 2.86 bits per heavy atom. The van der Waals surface area contributed by atoms with Crippen molar-refractivity contribution in [1.82, 2.24) is 9.88 Å². The number of hydrogen-bond donors (Lipinski definition) is 1. The van der Waals surface area contributed by atoms with Crippen LogP contribution in [0.4, 0.5) is 0 Å². The molecule has 0 radical (unpaired) electrons. The highest BCUT2D eigenvalue weighted by Gasteiger charge is 2.31. The van der Waals surface area contributed by atoms with Crippen molar-refractivity contribution in [3.05, 3.63) is 59.9 Å². The second kappa shape index (κ2) is 6.90. The van der Waals surface area contributed by atoms with Crippen LogP contribution in [0.2, 0.25) is 0 Å². The molecule has 22 heavy (non-hydrogen) atoms. The van der Waals surface area contributed by atoms with Crippen LogP contribution in [0.15, 0.2) is 48.8 Å². The first-order chi connectivity index (χ1) is 10.8. The smallest absolute Gasteiger partial charge is 0.119 e. The average molecular weight is 298 g/mol. The molecule has 0 amide bonds. The molecule has 4 nitrogen and oxygen atoms in total. The van der Waals surface area contributed by atoms with Crippen LogP contribution in [-0.4, -0.2) is 41.3 Å². The molecule has 2 aromatic rings. The van der Waals surface area contributed by atoms with Crippen LogP contribution in [0.5, 0.6) is 5.75 Å². The minimum atomic E-state index is -0.256. The number of methoxy groups -OCH3 is 1. The van der Waals surface area contributed by atoms with Crippen LogP contribution in [0, 0.1) is 0 Å². The standard InChI is InChI=1S/C18H22N2O2/c1-22-17-4-2-3-15(11-17)18-12-16(21)13-20(18)10-7-14-5-8-19-9-6-14/h2-6,8-9,11,16,18,21H,7,10,12-13H2,1H3. The minimum Gasteiger partial charge on any atom is -0.497 e. The summed E-state index contributed by atoms with van der Waals surface area (Å²) in [7, 11) is 1.68. The van der Waals surface area contributed by atoms with E-state index in [9.17, 15) is 5.11 Å². The van der Waals surface area contributed by atoms with Gasteiger partial charge >= 0.3 is 0 Å². The molecule has 1 fully saturated rings. The summed E-state index contributed by atoms with van der Waals surface area (Å²) in [6.07, 6.45) is 5.15. The molecule has 2 heterocycles. The van der Waals surface area contributed by atoms with Gasteiger partial charge in [0.15, 0.2) is 0 Å². The number of aromatic nitrogens is 1. The van der Waals surface area contributed by atoms with Gasteiger partial charge in [0.2, 0.25) is 0 Å². The van der Waals surface area contributed by atoms with Gasteiger partial charge in [-0.15, -0.1) is 0 Å². The molecule has 2 atom stereocenters. The fourth-order valence-corrected chi connectivity index (χ4v) is 3.14. The maximum absolute atomic E-state index is 10.1. The van der Waals surface area contributed by atoms with Crippen molar-refractivity contribution in [3.8, 4) is 5.75 Å². The third kappa shape index (κ3) is 3.46. The lowest BCUT2D eigenvalue weighted by Crippen LogP contribution is -2.27. The number of pyridine rings is 1. The molecule has 0 bridgehead atoms. The van der Waals surface area contributed by atoms with Crippen molar-refractivity contribution in [3.63, 3.8) is 0 Å². The summed E-state index contributed by atoms with van der Waals surface area (Å²) in [6.45, 7) is 1.66. The molecule has 0 saturated carbocycles. The van der Waals surface area contributed by atoms with Gasteiger partial charge in [-0.1, -0.05) is 12.1 Å². The highest BCUT2D eigenvalue weighted by molar-refractivity contribution is 5.31. The highest BCUT2D eigenvalue weighted by atomic mass is 16.5. The molecule has 1 aromatic heterocycles. The largest absolute Gasteiger partial charge is 0.497 e. The van der Waals surface area contributed by atoms with E-state index in [0.29, 0.717) is 0 Å². The summed E-state index contributed by atoms with van der Waals surface area (Å²) < 4.78 is 5.32. The van der Waals surface area contributed by atoms with Crippen molar-refractivity contribution >= 4 is 0 Å². The number of rotatable bonds is 5. The van der Waals surface area contributed by atoms with Crippen LogP contribution in [0.1, 0.15) is 23.6 Å². The van der Waals surface area contributed by atoms with E-state index in [-0.39, 0.29) is 12.1 Å². The zero-order valence-electron chi connectivity index (χ0n) is 12.9. The number of hydrogen-bond acceptors (Lipinski definition) is 4. The molecule has 116 valence electrons. The Morgan fingerprint density at radius 2 is 2.09 bits per heavy atom. The van der Waals surface area contributed by atoms with Crippen LogP contribution < -0.4 is 4.74 Å². The van der Waals surface area contributed by atoms with Crippen molar-refractivity contribution < 1.29 is 9.84 Å². The lowest BCUT2D eigenvalue weighted by atomic mass is 10.0. The molecule has 4 heteroatoms. The predicted octanol–water partition coefficient (Wildman–Crippen LogP) is 2.44. The van der Waals surface area contributed by atoms with Crippen LogP contribution in [-0.2, 0) is 6.42 Å². The summed E-state index contributed by atoms with van der Waals surface area (Å²) in [5.74, 6) is 0.868. The zero-order valence-corrected chi connectivity index (χ0v) is 12.9. The van der Waals surface area contributed by atoms with E-state index in [0.717, 1.165) is 31.7 Å². The van der Waals surface area contributed by atoms with Gasteiger partial charge in [0.05, 0.1) is 13.2 Å². The first-order valence-electron chi connectivity index (χ1n) is 7.71. The zero-order chi connectivity index (χ0) is 15.4. The summed E-state index contributed by atoms with van der Waals surface area (Å²) in [5.41, 5.74) is 2.49. The molecule has 0 aliphatic carbocycles. The third-order valence-corrected chi connectivity index (χ3v) is 4.30. The van der Waals surface area contributed by atoms with Crippen molar-refractivity contribution in [1.29, 1.82) is 0 Å². The molecule has 2 unspecified atom stereocenters. The second-order valence-electron chi connectivity index (χ2n) is 5.78. The Morgan fingerprint density at radius 1 is 1.27 bits per heavy atom. The molecule has 3 rings (SSSR count). The van der Waals surface area contributed by atoms with Gasteiger partial charge < -0.3 is 9.84 Å². The van der Waals surface area contributed by atoms with Gasteiger partial charge in [0.25, 0.3) is 0 Å². The molecule has 1 saturated heterocycles. The van der Waals surface area contributed by atoms with Gasteiger partial charge in [-0.3, -0.25) is 9.88 Å². The van der Waals surface area contributed by atoms with Gasteiger partial charge in [-0.25, -0.2) is 0 Å². The number of benzene rings is 1. The summed E-state index contributed by atoms with van der Waals surface area (Å²) in [6, 6.07) is 12.5. The molecular weight excluding hydrogens is 276 g/mol. The first-order valence-corrected chi connectivity index (χ1v) is 7.71. The Hall–Kier alpha value is -1.91. The molecule has 1 aliphatic heterocycles. The van der Waals surface area contributed by atoms with E-state index >= 15 is 0 Å². The minimum absolute atomic E-state index is 0.256. The number of ether oxygens (including phenoxy) is 1. The number of aliphatic hydroxyl groups is 1. The second-order valence-corrected chi connectivity index (χ2v) is 5.78. The molecule has 0 spiro atoms. The van der Waals surface area contributed by atoms with E-state index in [4.69, 9.17) is 4.74 Å². The Labute approximate surface area is 131 Å². The van der Waals surface area contributed by atoms with Gasteiger partial charge in [-0.05, 0) is 48.2 Å². The number of nitrogens with zero attached hydrogens (tertiary/aromatic N) is 2. The number of aliphatic hydroxyl groups excluding tert-OH is 1. The third-order valence-electron chi connectivity index (χ3n) is 4.30. The van der Waals surface area contributed by atoms with Crippen LogP contribution in [0.3, 0.4) is 0 Å². The maximum atomic E-state index is 10.1. The topological polar surface area (TPSA) is 45.6 Å². The van der Waals surface area contributed by atoms with E-state index in [1.807, 2.05) is 36.7 Å². The Balaban J connectivity index is 1.71. The first kappa shape index (κ1) is 15.0. The molecular formula is C18H22N2O2. The fraction of sp³-hybridized carbons (Fsp3) is 0.389. The summed E-state index contributed by atoms with van der Waals surface area (Å²) >= 11 is 0. The fourth-order valence-electron chi connectivity index (χ4n) is 3.14. The lowest BCUT2D eigenvalue weighted by molar-refractivity contribution is 0.175. The Bertz CT molecular complexity index is 603. The maximum Gasteiger partial charge on any atom is 0.119 e. The Kier molecular flexibility index (Phi) is 4.71. The predicted molar refractivity (Wildman–Crippen MR) is 85.9 cm³/mol. The van der Waals surface area contributed by atoms with Crippen molar-refractivity contribution in [2.24, 2.45) is 0 Å². The summed E-state index contributed by atoms with van der Waals surface area (Å²) in [5, 5.41) is 10.1. The van der Waals surface area contributed by atoms with Crippen LogP contribution >= 0.6 is 0 Å². The highest BCUT2D eigenvalue weighted by Crippen LogP contribution is 2.33. The van der Waals surface area contributed by atoms with Gasteiger partial charge in [0, 0.05) is 31.5 Å². The normalized spacial score (nSPS) is 21.9. The van der Waals surface area contributed by atoms with Gasteiger partial charge in [0.1, 0.15) is 5.75 Å². The molecule has 1 aliphatic rings. The van der Waals surface area contributed by atoms with Crippen LogP contribution in [0.25, 0.3) is 0 Å². The monoisotopic (exact) mass is 298 g/mol. The van der Waals surface area contributed by atoms with E-state index in [2.05, 4.69) is 22.0 Å². The number of likely N-dealkylation sites (tertiary alicyclic amines) is 1.